The van der Waals surface area contributed by atoms with E-state index in [4.69, 9.17) is 4.74 Å². The smallest absolute Gasteiger partial charge is 0.322 e. The largest absolute Gasteiger partial charge is 0.492 e. The normalized spacial score (nSPS) is 27.6. The maximum absolute atomic E-state index is 12.8. The lowest BCUT2D eigenvalue weighted by Gasteiger charge is -2.32. The first-order valence-corrected chi connectivity index (χ1v) is 10.0. The predicted octanol–water partition coefficient (Wildman–Crippen LogP) is 2.11. The number of nitrogens with zero attached hydrogens (tertiary/aromatic N) is 1. The number of aliphatic carboxylic acids is 1. The first-order valence-electron chi connectivity index (χ1n) is 8.41. The number of benzene rings is 1. The molecular weight excluding hydrogens is 330 g/mol. The lowest BCUT2D eigenvalue weighted by atomic mass is 9.85. The molecule has 2 aliphatic rings. The van der Waals surface area contributed by atoms with E-state index >= 15 is 0 Å². The van der Waals surface area contributed by atoms with Gasteiger partial charge in [-0.2, -0.15) is 4.31 Å². The van der Waals surface area contributed by atoms with Crippen LogP contribution in [0, 0.1) is 5.92 Å². The molecule has 3 atom stereocenters. The number of hydrogen-bond donors (Lipinski definition) is 1. The van der Waals surface area contributed by atoms with Crippen molar-refractivity contribution in [3.63, 3.8) is 0 Å². The van der Waals surface area contributed by atoms with Gasteiger partial charge in [0.1, 0.15) is 18.4 Å². The average Bonchev–Trinajstić information content (AvgIpc) is 2.96. The highest BCUT2D eigenvalue weighted by molar-refractivity contribution is 7.89. The summed E-state index contributed by atoms with van der Waals surface area (Å²) in [5, 5.41) is 9.46. The summed E-state index contributed by atoms with van der Waals surface area (Å²) in [4.78, 5) is 11.6. The molecule has 7 heteroatoms. The predicted molar refractivity (Wildman–Crippen MR) is 89.3 cm³/mol. The molecule has 3 rings (SSSR count). The zero-order valence-electron chi connectivity index (χ0n) is 13.5. The Bertz CT molecular complexity index is 675. The fourth-order valence-electron chi connectivity index (χ4n) is 3.92. The third-order valence-corrected chi connectivity index (χ3v) is 6.84. The van der Waals surface area contributed by atoms with Crippen LogP contribution in [0.1, 0.15) is 32.1 Å². The van der Waals surface area contributed by atoms with Gasteiger partial charge in [0, 0.05) is 6.04 Å². The van der Waals surface area contributed by atoms with E-state index in [-0.39, 0.29) is 24.3 Å². The molecule has 1 aliphatic carbocycles. The van der Waals surface area contributed by atoms with Crippen LogP contribution in [-0.4, -0.2) is 48.2 Å². The SMILES string of the molecule is O=C(O)C1CC2CCCCC2N1S(=O)(=O)CCOc1ccccc1. The number of rotatable bonds is 6. The lowest BCUT2D eigenvalue weighted by Crippen LogP contribution is -2.47. The summed E-state index contributed by atoms with van der Waals surface area (Å²) < 4.78 is 32.3. The number of para-hydroxylation sites is 1. The number of sulfonamides is 1. The van der Waals surface area contributed by atoms with E-state index in [1.165, 1.54) is 4.31 Å². The van der Waals surface area contributed by atoms with Gasteiger partial charge in [-0.25, -0.2) is 8.42 Å². The second-order valence-corrected chi connectivity index (χ2v) is 8.50. The Hall–Kier alpha value is -1.60. The molecular formula is C17H23NO5S. The summed E-state index contributed by atoms with van der Waals surface area (Å²) >= 11 is 0. The fourth-order valence-corrected chi connectivity index (χ4v) is 5.68. The Labute approximate surface area is 142 Å². The maximum atomic E-state index is 12.8. The van der Waals surface area contributed by atoms with E-state index in [9.17, 15) is 18.3 Å². The van der Waals surface area contributed by atoms with Crippen LogP contribution in [0.4, 0.5) is 0 Å². The van der Waals surface area contributed by atoms with Gasteiger partial charge >= 0.3 is 5.97 Å². The van der Waals surface area contributed by atoms with Gasteiger partial charge in [-0.05, 0) is 37.3 Å². The van der Waals surface area contributed by atoms with Crippen molar-refractivity contribution in [2.45, 2.75) is 44.2 Å². The summed E-state index contributed by atoms with van der Waals surface area (Å²) in [6, 6.07) is 7.92. The van der Waals surface area contributed by atoms with Gasteiger partial charge in [0.25, 0.3) is 0 Å². The summed E-state index contributed by atoms with van der Waals surface area (Å²) in [7, 11) is -3.67. The molecule has 3 unspecified atom stereocenters. The van der Waals surface area contributed by atoms with Gasteiger partial charge in [-0.3, -0.25) is 4.79 Å². The van der Waals surface area contributed by atoms with E-state index in [1.807, 2.05) is 18.2 Å². The average molecular weight is 353 g/mol. The zero-order chi connectivity index (χ0) is 17.2. The van der Waals surface area contributed by atoms with E-state index < -0.39 is 22.0 Å². The van der Waals surface area contributed by atoms with E-state index in [0.29, 0.717) is 12.2 Å². The van der Waals surface area contributed by atoms with Gasteiger partial charge in [0.2, 0.25) is 10.0 Å². The van der Waals surface area contributed by atoms with E-state index in [2.05, 4.69) is 0 Å². The fraction of sp³-hybridized carbons (Fsp3) is 0.588. The Balaban J connectivity index is 1.70. The zero-order valence-corrected chi connectivity index (χ0v) is 14.3. The molecule has 1 heterocycles. The van der Waals surface area contributed by atoms with Crippen LogP contribution in [0.25, 0.3) is 0 Å². The Morgan fingerprint density at radius 3 is 2.62 bits per heavy atom. The minimum absolute atomic E-state index is 0.0204. The van der Waals surface area contributed by atoms with Crippen molar-refractivity contribution < 1.29 is 23.1 Å². The molecule has 0 bridgehead atoms. The molecule has 24 heavy (non-hydrogen) atoms. The van der Waals surface area contributed by atoms with Gasteiger partial charge in [-0.15, -0.1) is 0 Å². The van der Waals surface area contributed by atoms with Crippen molar-refractivity contribution in [3.8, 4) is 5.75 Å². The molecule has 2 fully saturated rings. The van der Waals surface area contributed by atoms with Crippen LogP contribution in [0.5, 0.6) is 5.75 Å². The molecule has 0 radical (unpaired) electrons. The molecule has 1 saturated heterocycles. The van der Waals surface area contributed by atoms with Crippen molar-refractivity contribution in [2.75, 3.05) is 12.4 Å². The summed E-state index contributed by atoms with van der Waals surface area (Å²) in [5.41, 5.74) is 0. The highest BCUT2D eigenvalue weighted by Crippen LogP contribution is 2.41. The van der Waals surface area contributed by atoms with Gasteiger partial charge in [0.05, 0.1) is 5.75 Å². The number of carboxylic acid groups (broad SMARTS) is 1. The van der Waals surface area contributed by atoms with Crippen LogP contribution in [0.3, 0.4) is 0 Å². The Morgan fingerprint density at radius 1 is 1.21 bits per heavy atom. The highest BCUT2D eigenvalue weighted by Gasteiger charge is 2.50. The number of carbonyl (C=O) groups is 1. The number of carboxylic acids is 1. The van der Waals surface area contributed by atoms with Crippen LogP contribution >= 0.6 is 0 Å². The standard InChI is InChI=1S/C17H23NO5S/c19-17(20)16-12-13-6-4-5-9-15(13)18(16)24(21,22)11-10-23-14-7-2-1-3-8-14/h1-3,7-8,13,15-16H,4-6,9-12H2,(H,19,20). The molecule has 0 aromatic heterocycles. The van der Waals surface area contributed by atoms with Crippen LogP contribution < -0.4 is 4.74 Å². The number of ether oxygens (including phenoxy) is 1. The molecule has 1 aliphatic heterocycles. The molecule has 0 amide bonds. The molecule has 1 saturated carbocycles. The van der Waals surface area contributed by atoms with E-state index in [1.54, 1.807) is 12.1 Å². The molecule has 0 spiro atoms. The van der Waals surface area contributed by atoms with Gasteiger partial charge < -0.3 is 9.84 Å². The van der Waals surface area contributed by atoms with Crippen LogP contribution in [0.2, 0.25) is 0 Å². The molecule has 132 valence electrons. The number of hydrogen-bond acceptors (Lipinski definition) is 4. The summed E-state index contributed by atoms with van der Waals surface area (Å²) in [5.74, 6) is -0.462. The van der Waals surface area contributed by atoms with Crippen molar-refractivity contribution >= 4 is 16.0 Å². The third-order valence-electron chi connectivity index (χ3n) is 4.99. The van der Waals surface area contributed by atoms with Crippen LogP contribution in [0.15, 0.2) is 30.3 Å². The van der Waals surface area contributed by atoms with Crippen LogP contribution in [-0.2, 0) is 14.8 Å². The first-order chi connectivity index (χ1) is 11.5. The lowest BCUT2D eigenvalue weighted by molar-refractivity contribution is -0.141. The van der Waals surface area contributed by atoms with Crippen molar-refractivity contribution in [2.24, 2.45) is 5.92 Å². The summed E-state index contributed by atoms with van der Waals surface area (Å²) in [6.45, 7) is 0.0204. The van der Waals surface area contributed by atoms with E-state index in [0.717, 1.165) is 25.7 Å². The molecule has 1 N–H and O–H groups in total. The molecule has 1 aromatic rings. The Morgan fingerprint density at radius 2 is 1.92 bits per heavy atom. The monoisotopic (exact) mass is 353 g/mol. The summed E-state index contributed by atoms with van der Waals surface area (Å²) in [6.07, 6.45) is 4.12. The second-order valence-electron chi connectivity index (χ2n) is 6.51. The first kappa shape index (κ1) is 17.2. The van der Waals surface area contributed by atoms with Crippen molar-refractivity contribution in [1.29, 1.82) is 0 Å². The minimum Gasteiger partial charge on any atom is -0.492 e. The van der Waals surface area contributed by atoms with Gasteiger partial charge in [-0.1, -0.05) is 31.0 Å². The topological polar surface area (TPSA) is 83.9 Å². The minimum atomic E-state index is -3.67. The second kappa shape index (κ2) is 7.11. The van der Waals surface area contributed by atoms with Crippen molar-refractivity contribution in [3.05, 3.63) is 30.3 Å². The molecule has 1 aromatic carbocycles. The Kier molecular flexibility index (Phi) is 5.10. The highest BCUT2D eigenvalue weighted by atomic mass is 32.2. The number of fused-ring (bicyclic) bond motifs is 1. The quantitative estimate of drug-likeness (QED) is 0.847. The maximum Gasteiger partial charge on any atom is 0.322 e. The third kappa shape index (κ3) is 3.57. The van der Waals surface area contributed by atoms with Gasteiger partial charge in [0.15, 0.2) is 0 Å². The van der Waals surface area contributed by atoms with Crippen molar-refractivity contribution in [1.82, 2.24) is 4.31 Å². The molecule has 6 nitrogen and oxygen atoms in total.